The minimum atomic E-state index is -4.30. The third kappa shape index (κ3) is 9.35. The number of hydrogen-bond donors (Lipinski definition) is 1. The summed E-state index contributed by atoms with van der Waals surface area (Å²) < 4.78 is 50.6. The number of ether oxygens (including phenoxy) is 1. The van der Waals surface area contributed by atoms with Gasteiger partial charge in [0.15, 0.2) is 0 Å². The lowest BCUT2D eigenvalue weighted by Gasteiger charge is -2.35. The zero-order valence-electron chi connectivity index (χ0n) is 28.2. The van der Waals surface area contributed by atoms with Crippen LogP contribution in [0.4, 0.5) is 10.1 Å². The van der Waals surface area contributed by atoms with E-state index in [9.17, 15) is 18.0 Å². The van der Waals surface area contributed by atoms with Crippen molar-refractivity contribution in [3.63, 3.8) is 0 Å². The van der Waals surface area contributed by atoms with Gasteiger partial charge in [0, 0.05) is 24.1 Å². The fourth-order valence-electron chi connectivity index (χ4n) is 5.37. The molecule has 1 N–H and O–H groups in total. The lowest BCUT2D eigenvalue weighted by Crippen LogP contribution is -2.56. The van der Waals surface area contributed by atoms with Crippen LogP contribution < -0.4 is 14.4 Å². The highest BCUT2D eigenvalue weighted by Gasteiger charge is 2.36. The SMILES string of the molecule is CC(C)(C)NC(=O)[C@@H](Cc1ccccc1)N(Cc1ccccc1F)C(=O)CN(c1ccc(Oc2ccccc2)cc1)S(=O)(=O)c1ccccc1. The number of carbonyl (C=O) groups excluding carboxylic acids is 2. The first-order valence-corrected chi connectivity index (χ1v) is 17.6. The van der Waals surface area contributed by atoms with E-state index in [4.69, 9.17) is 4.74 Å². The van der Waals surface area contributed by atoms with E-state index < -0.39 is 45.8 Å². The average molecular weight is 694 g/mol. The van der Waals surface area contributed by atoms with Gasteiger partial charge in [-0.05, 0) is 80.9 Å². The summed E-state index contributed by atoms with van der Waals surface area (Å²) in [6.45, 7) is 4.54. The molecule has 0 saturated heterocycles. The van der Waals surface area contributed by atoms with E-state index in [0.29, 0.717) is 11.5 Å². The fourth-order valence-corrected chi connectivity index (χ4v) is 6.81. The van der Waals surface area contributed by atoms with Crippen molar-refractivity contribution >= 4 is 27.5 Å². The molecule has 8 nitrogen and oxygen atoms in total. The van der Waals surface area contributed by atoms with E-state index >= 15 is 4.39 Å². The predicted molar refractivity (Wildman–Crippen MR) is 193 cm³/mol. The highest BCUT2D eigenvalue weighted by Crippen LogP contribution is 2.29. The van der Waals surface area contributed by atoms with Crippen LogP contribution in [0.15, 0.2) is 144 Å². The van der Waals surface area contributed by atoms with Gasteiger partial charge in [-0.2, -0.15) is 0 Å². The Morgan fingerprint density at radius 1 is 0.740 bits per heavy atom. The van der Waals surface area contributed by atoms with E-state index in [-0.39, 0.29) is 29.1 Å². The van der Waals surface area contributed by atoms with Crippen molar-refractivity contribution in [1.29, 1.82) is 0 Å². The molecule has 5 aromatic rings. The van der Waals surface area contributed by atoms with Crippen molar-refractivity contribution in [2.75, 3.05) is 10.8 Å². The molecule has 10 heteroatoms. The van der Waals surface area contributed by atoms with Crippen molar-refractivity contribution in [1.82, 2.24) is 10.2 Å². The van der Waals surface area contributed by atoms with E-state index in [1.807, 2.05) is 69.3 Å². The Morgan fingerprint density at radius 2 is 1.28 bits per heavy atom. The number of para-hydroxylation sites is 1. The molecule has 50 heavy (non-hydrogen) atoms. The number of nitrogens with zero attached hydrogens (tertiary/aromatic N) is 2. The second-order valence-corrected chi connectivity index (χ2v) is 14.7. The summed E-state index contributed by atoms with van der Waals surface area (Å²) in [4.78, 5) is 29.9. The third-order valence-electron chi connectivity index (χ3n) is 7.78. The third-order valence-corrected chi connectivity index (χ3v) is 9.57. The molecule has 0 saturated carbocycles. The Bertz CT molecular complexity index is 1990. The smallest absolute Gasteiger partial charge is 0.264 e. The largest absolute Gasteiger partial charge is 0.457 e. The number of benzene rings is 5. The topological polar surface area (TPSA) is 96.0 Å². The molecule has 5 aromatic carbocycles. The fraction of sp³-hybridized carbons (Fsp3) is 0.200. The summed E-state index contributed by atoms with van der Waals surface area (Å²) in [5.41, 5.74) is 0.510. The molecule has 0 heterocycles. The number of hydrogen-bond acceptors (Lipinski definition) is 5. The van der Waals surface area contributed by atoms with Gasteiger partial charge in [0.1, 0.15) is 29.9 Å². The number of amides is 2. The normalized spacial score (nSPS) is 12.1. The van der Waals surface area contributed by atoms with E-state index in [1.165, 1.54) is 29.2 Å². The first-order chi connectivity index (χ1) is 23.9. The molecule has 0 unspecified atom stereocenters. The zero-order valence-corrected chi connectivity index (χ0v) is 29.0. The summed E-state index contributed by atoms with van der Waals surface area (Å²) in [6, 6.07) is 37.4. The number of rotatable bonds is 13. The molecular formula is C40H40FN3O5S. The maximum atomic E-state index is 15.2. The summed E-state index contributed by atoms with van der Waals surface area (Å²) in [7, 11) is -4.30. The molecule has 0 aliphatic carbocycles. The molecule has 0 aliphatic heterocycles. The monoisotopic (exact) mass is 693 g/mol. The second-order valence-electron chi connectivity index (χ2n) is 12.8. The van der Waals surface area contributed by atoms with Crippen molar-refractivity contribution in [2.45, 2.75) is 50.2 Å². The minimum Gasteiger partial charge on any atom is -0.457 e. The number of nitrogens with one attached hydrogen (secondary N) is 1. The Kier molecular flexibility index (Phi) is 11.3. The van der Waals surface area contributed by atoms with Crippen molar-refractivity contribution in [3.05, 3.63) is 156 Å². The van der Waals surface area contributed by atoms with Gasteiger partial charge < -0.3 is 15.0 Å². The quantitative estimate of drug-likeness (QED) is 0.139. The maximum Gasteiger partial charge on any atom is 0.264 e. The van der Waals surface area contributed by atoms with Gasteiger partial charge in [0.2, 0.25) is 11.8 Å². The van der Waals surface area contributed by atoms with Gasteiger partial charge >= 0.3 is 0 Å². The Balaban J connectivity index is 1.57. The van der Waals surface area contributed by atoms with Crippen LogP contribution in [0.25, 0.3) is 0 Å². The van der Waals surface area contributed by atoms with E-state index in [2.05, 4.69) is 5.32 Å². The van der Waals surface area contributed by atoms with Crippen LogP contribution in [0.5, 0.6) is 11.5 Å². The van der Waals surface area contributed by atoms with Gasteiger partial charge in [0.25, 0.3) is 10.0 Å². The van der Waals surface area contributed by atoms with Gasteiger partial charge in [-0.1, -0.05) is 84.9 Å². The highest BCUT2D eigenvalue weighted by atomic mass is 32.2. The average Bonchev–Trinajstić information content (AvgIpc) is 3.10. The van der Waals surface area contributed by atoms with Gasteiger partial charge in [-0.25, -0.2) is 12.8 Å². The molecular weight excluding hydrogens is 654 g/mol. The number of halogens is 1. The molecule has 0 bridgehead atoms. The first-order valence-electron chi connectivity index (χ1n) is 16.2. The van der Waals surface area contributed by atoms with Crippen LogP contribution in [0, 0.1) is 5.82 Å². The minimum absolute atomic E-state index is 0.0237. The van der Waals surface area contributed by atoms with Crippen LogP contribution in [0.2, 0.25) is 0 Å². The number of sulfonamides is 1. The van der Waals surface area contributed by atoms with E-state index in [1.54, 1.807) is 66.7 Å². The van der Waals surface area contributed by atoms with Crippen molar-refractivity contribution < 1.29 is 27.1 Å². The Morgan fingerprint density at radius 3 is 1.88 bits per heavy atom. The van der Waals surface area contributed by atoms with Crippen molar-refractivity contribution in [3.8, 4) is 11.5 Å². The second kappa shape index (κ2) is 15.8. The molecule has 0 radical (unpaired) electrons. The molecule has 5 rings (SSSR count). The lowest BCUT2D eigenvalue weighted by atomic mass is 10.0. The predicted octanol–water partition coefficient (Wildman–Crippen LogP) is 7.37. The number of anilines is 1. The maximum absolute atomic E-state index is 15.2. The van der Waals surface area contributed by atoms with E-state index in [0.717, 1.165) is 9.87 Å². The Labute approximate surface area is 293 Å². The van der Waals surface area contributed by atoms with Crippen LogP contribution in [0.3, 0.4) is 0 Å². The molecule has 0 aliphatic rings. The lowest BCUT2D eigenvalue weighted by molar-refractivity contribution is -0.140. The van der Waals surface area contributed by atoms with Gasteiger partial charge in [0.05, 0.1) is 10.6 Å². The Hall–Kier alpha value is -5.48. The summed E-state index contributed by atoms with van der Waals surface area (Å²) in [6.07, 6.45) is 0.111. The number of carbonyl (C=O) groups is 2. The molecule has 258 valence electrons. The first kappa shape index (κ1) is 35.8. The standard InChI is InChI=1S/C40H40FN3O5S/c1-40(2,3)42-39(46)37(27-30-15-7-4-8-16-30)43(28-31-17-13-14-22-36(31)41)38(45)29-44(50(47,48)35-20-11-6-12-21-35)32-23-25-34(26-24-32)49-33-18-9-5-10-19-33/h4-26,37H,27-29H2,1-3H3,(H,42,46)/t37-/m1/s1. The summed E-state index contributed by atoms with van der Waals surface area (Å²) in [5, 5.41) is 2.97. The van der Waals surface area contributed by atoms with Crippen LogP contribution >= 0.6 is 0 Å². The zero-order chi connectivity index (χ0) is 35.7. The van der Waals surface area contributed by atoms with Gasteiger partial charge in [-0.3, -0.25) is 13.9 Å². The van der Waals surface area contributed by atoms with Crippen LogP contribution in [0.1, 0.15) is 31.9 Å². The van der Waals surface area contributed by atoms with Crippen LogP contribution in [-0.2, 0) is 32.6 Å². The van der Waals surface area contributed by atoms with Crippen LogP contribution in [-0.4, -0.2) is 43.3 Å². The molecule has 1 atom stereocenters. The summed E-state index contributed by atoms with van der Waals surface area (Å²) in [5.74, 6) is -0.631. The molecule has 0 fully saturated rings. The summed E-state index contributed by atoms with van der Waals surface area (Å²) >= 11 is 0. The molecule has 0 spiro atoms. The van der Waals surface area contributed by atoms with Crippen molar-refractivity contribution in [2.24, 2.45) is 0 Å². The molecule has 0 aromatic heterocycles. The molecule has 2 amide bonds. The van der Waals surface area contributed by atoms with Gasteiger partial charge in [-0.15, -0.1) is 0 Å². The highest BCUT2D eigenvalue weighted by molar-refractivity contribution is 7.92.